The number of Topliss-reactive ketones (excluding diaryl/α,β-unsaturated/α-hetero) is 1. The zero-order chi connectivity index (χ0) is 13.2. The quantitative estimate of drug-likeness (QED) is 0.503. The lowest BCUT2D eigenvalue weighted by Gasteiger charge is -2.06. The molecule has 0 aliphatic heterocycles. The Bertz CT molecular complexity index is 512. The average Bonchev–Trinajstić information content (AvgIpc) is 2.24. The maximum atomic E-state index is 11.1. The van der Waals surface area contributed by atoms with Crippen LogP contribution in [0.15, 0.2) is 12.1 Å². The van der Waals surface area contributed by atoms with Crippen molar-refractivity contribution in [3.63, 3.8) is 0 Å². The first-order valence-electron chi connectivity index (χ1n) is 4.53. The Hall–Kier alpha value is -1.95. The Labute approximate surface area is 101 Å². The summed E-state index contributed by atoms with van der Waals surface area (Å²) >= 11 is 5.77. The minimum atomic E-state index is -1.63. The zero-order valence-electron chi connectivity index (χ0n) is 8.77. The van der Waals surface area contributed by atoms with E-state index in [4.69, 9.17) is 16.7 Å². The molecule has 1 aromatic carbocycles. The Kier molecular flexibility index (Phi) is 3.80. The molecule has 0 aliphatic rings. The number of nitrogens with zero attached hydrogens (tertiary/aromatic N) is 1. The molecule has 90 valence electrons. The van der Waals surface area contributed by atoms with E-state index >= 15 is 0 Å². The van der Waals surface area contributed by atoms with Gasteiger partial charge in [-0.15, -0.1) is 0 Å². The van der Waals surface area contributed by atoms with Crippen molar-refractivity contribution in [2.24, 2.45) is 0 Å². The van der Waals surface area contributed by atoms with E-state index in [1.165, 1.54) is 13.0 Å². The number of halogens is 1. The zero-order valence-corrected chi connectivity index (χ0v) is 9.52. The molecule has 0 amide bonds. The molecule has 0 atom stereocenters. The monoisotopic (exact) mass is 257 g/mol. The summed E-state index contributed by atoms with van der Waals surface area (Å²) in [5.41, 5.74) is 0.0758. The summed E-state index contributed by atoms with van der Waals surface area (Å²) in [6.45, 7) is 1.50. The summed E-state index contributed by atoms with van der Waals surface area (Å²) in [6.07, 6.45) is -0.544. The van der Waals surface area contributed by atoms with E-state index in [9.17, 15) is 19.7 Å². The number of carboxylic acid groups (broad SMARTS) is 1. The van der Waals surface area contributed by atoms with Crippen molar-refractivity contribution in [3.8, 4) is 0 Å². The lowest BCUT2D eigenvalue weighted by Crippen LogP contribution is -2.16. The number of carbonyl (C=O) groups is 2. The molecule has 6 nitrogen and oxygen atoms in total. The number of rotatable bonds is 4. The van der Waals surface area contributed by atoms with Gasteiger partial charge in [0.05, 0.1) is 11.3 Å². The second-order valence-electron chi connectivity index (χ2n) is 3.33. The molecule has 0 fully saturated rings. The van der Waals surface area contributed by atoms with Crippen LogP contribution >= 0.6 is 11.6 Å². The van der Waals surface area contributed by atoms with Crippen LogP contribution in [-0.4, -0.2) is 21.8 Å². The van der Waals surface area contributed by atoms with Crippen LogP contribution in [0.3, 0.4) is 0 Å². The van der Waals surface area contributed by atoms with Gasteiger partial charge in [-0.3, -0.25) is 14.9 Å². The molecule has 1 N–H and O–H groups in total. The summed E-state index contributed by atoms with van der Waals surface area (Å²) in [5.74, 6) is -2.74. The van der Waals surface area contributed by atoms with E-state index in [0.717, 1.165) is 6.07 Å². The van der Waals surface area contributed by atoms with Crippen molar-refractivity contribution in [1.82, 2.24) is 0 Å². The largest absolute Gasteiger partial charge is 0.475 e. The predicted molar refractivity (Wildman–Crippen MR) is 59.2 cm³/mol. The van der Waals surface area contributed by atoms with Crippen molar-refractivity contribution in [3.05, 3.63) is 38.4 Å². The third kappa shape index (κ3) is 2.79. The maximum absolute atomic E-state index is 11.1. The molecule has 17 heavy (non-hydrogen) atoms. The van der Waals surface area contributed by atoms with Gasteiger partial charge in [-0.2, -0.15) is 0 Å². The number of carboxylic acids is 1. The predicted octanol–water partition coefficient (Wildman–Crippen LogP) is 1.75. The van der Waals surface area contributed by atoms with E-state index in [1.807, 2.05) is 0 Å². The van der Waals surface area contributed by atoms with Crippen molar-refractivity contribution in [2.75, 3.05) is 0 Å². The van der Waals surface area contributed by atoms with Gasteiger partial charge in [0.25, 0.3) is 5.69 Å². The van der Waals surface area contributed by atoms with Crippen LogP contribution in [0.1, 0.15) is 11.1 Å². The second kappa shape index (κ2) is 4.92. The van der Waals surface area contributed by atoms with Gasteiger partial charge < -0.3 is 5.11 Å². The van der Waals surface area contributed by atoms with Gasteiger partial charge in [-0.25, -0.2) is 4.79 Å². The van der Waals surface area contributed by atoms with Gasteiger partial charge in [0.1, 0.15) is 0 Å². The Morgan fingerprint density at radius 2 is 2.06 bits per heavy atom. The van der Waals surface area contributed by atoms with Gasteiger partial charge in [0.15, 0.2) is 0 Å². The lowest BCUT2D eigenvalue weighted by molar-refractivity contribution is -0.385. The summed E-state index contributed by atoms with van der Waals surface area (Å²) in [6, 6.07) is 2.49. The highest BCUT2D eigenvalue weighted by atomic mass is 35.5. The molecule has 0 aliphatic carbocycles. The molecule has 0 heterocycles. The van der Waals surface area contributed by atoms with Crippen LogP contribution in [0.25, 0.3) is 0 Å². The van der Waals surface area contributed by atoms with Gasteiger partial charge >= 0.3 is 5.97 Å². The molecule has 0 bridgehead atoms. The third-order valence-corrected chi connectivity index (χ3v) is 2.69. The molecule has 0 spiro atoms. The average molecular weight is 258 g/mol. The number of hydrogen-bond donors (Lipinski definition) is 1. The van der Waals surface area contributed by atoms with Gasteiger partial charge in [0, 0.05) is 16.7 Å². The van der Waals surface area contributed by atoms with Crippen LogP contribution < -0.4 is 0 Å². The summed E-state index contributed by atoms with van der Waals surface area (Å²) < 4.78 is 0. The summed E-state index contributed by atoms with van der Waals surface area (Å²) in [5, 5.41) is 19.5. The fraction of sp³-hybridized carbons (Fsp3) is 0.200. The van der Waals surface area contributed by atoms with Gasteiger partial charge in [-0.1, -0.05) is 11.6 Å². The van der Waals surface area contributed by atoms with Crippen LogP contribution in [-0.2, 0) is 16.0 Å². The summed E-state index contributed by atoms with van der Waals surface area (Å²) in [4.78, 5) is 31.6. The van der Waals surface area contributed by atoms with E-state index in [0.29, 0.717) is 5.56 Å². The Morgan fingerprint density at radius 1 is 1.47 bits per heavy atom. The number of nitro benzene ring substituents is 1. The number of carbonyl (C=O) groups excluding carboxylic acids is 1. The van der Waals surface area contributed by atoms with Crippen LogP contribution in [0.5, 0.6) is 0 Å². The van der Waals surface area contributed by atoms with Crippen LogP contribution in [0, 0.1) is 17.0 Å². The second-order valence-corrected chi connectivity index (χ2v) is 3.74. The first kappa shape index (κ1) is 13.1. The van der Waals surface area contributed by atoms with E-state index in [2.05, 4.69) is 0 Å². The van der Waals surface area contributed by atoms with E-state index in [-0.39, 0.29) is 16.3 Å². The minimum Gasteiger partial charge on any atom is -0.475 e. The molecule has 0 unspecified atom stereocenters. The Morgan fingerprint density at radius 3 is 2.53 bits per heavy atom. The molecular formula is C10H8ClNO5. The molecule has 0 saturated carbocycles. The number of hydrogen-bond acceptors (Lipinski definition) is 4. The highest BCUT2D eigenvalue weighted by Gasteiger charge is 2.23. The molecule has 1 aromatic rings. The molecule has 0 saturated heterocycles. The number of ketones is 1. The fourth-order valence-electron chi connectivity index (χ4n) is 1.34. The van der Waals surface area contributed by atoms with Gasteiger partial charge in [-0.05, 0) is 18.6 Å². The molecule has 7 heteroatoms. The SMILES string of the molecule is Cc1c(Cl)ccc([N+](=O)[O-])c1CC(=O)C(=O)O. The fourth-order valence-corrected chi connectivity index (χ4v) is 1.52. The standard InChI is InChI=1S/C10H8ClNO5/c1-5-6(4-9(13)10(14)15)8(12(16)17)3-2-7(5)11/h2-3H,4H2,1H3,(H,14,15). The lowest BCUT2D eigenvalue weighted by atomic mass is 10.0. The first-order valence-corrected chi connectivity index (χ1v) is 4.91. The highest BCUT2D eigenvalue weighted by molar-refractivity contribution is 6.34. The minimum absolute atomic E-state index is 0.0369. The normalized spacial score (nSPS) is 10.0. The number of aliphatic carboxylic acids is 1. The van der Waals surface area contributed by atoms with Crippen molar-refractivity contribution in [2.45, 2.75) is 13.3 Å². The smallest absolute Gasteiger partial charge is 0.372 e. The first-order chi connectivity index (χ1) is 7.84. The van der Waals surface area contributed by atoms with Crippen LogP contribution in [0.4, 0.5) is 5.69 Å². The molecule has 0 radical (unpaired) electrons. The van der Waals surface area contributed by atoms with Crippen molar-refractivity contribution >= 4 is 29.0 Å². The maximum Gasteiger partial charge on any atom is 0.372 e. The van der Waals surface area contributed by atoms with Gasteiger partial charge in [0.2, 0.25) is 5.78 Å². The topological polar surface area (TPSA) is 97.5 Å². The molecular weight excluding hydrogens is 250 g/mol. The number of benzene rings is 1. The number of nitro groups is 1. The Balaban J connectivity index is 3.28. The highest BCUT2D eigenvalue weighted by Crippen LogP contribution is 2.28. The van der Waals surface area contributed by atoms with E-state index < -0.39 is 23.1 Å². The van der Waals surface area contributed by atoms with Crippen molar-refractivity contribution in [1.29, 1.82) is 0 Å². The summed E-state index contributed by atoms with van der Waals surface area (Å²) in [7, 11) is 0. The van der Waals surface area contributed by atoms with Crippen LogP contribution in [0.2, 0.25) is 5.02 Å². The molecule has 1 rings (SSSR count). The van der Waals surface area contributed by atoms with E-state index in [1.54, 1.807) is 0 Å². The third-order valence-electron chi connectivity index (χ3n) is 2.28. The molecule has 0 aromatic heterocycles. The van der Waals surface area contributed by atoms with Crippen molar-refractivity contribution < 1.29 is 19.6 Å².